The molecule has 1 fully saturated rings. The van der Waals surface area contributed by atoms with Crippen LogP contribution in [-0.4, -0.2) is 19.5 Å². The molecule has 2 N–H and O–H groups in total. The Labute approximate surface area is 188 Å². The van der Waals surface area contributed by atoms with Crippen LogP contribution in [0.2, 0.25) is 0 Å². The first-order valence-corrected chi connectivity index (χ1v) is 12.2. The van der Waals surface area contributed by atoms with Crippen LogP contribution in [0, 0.1) is 22.3 Å². The molecule has 0 spiro atoms. The van der Waals surface area contributed by atoms with Crippen LogP contribution in [0.15, 0.2) is 64.5 Å². The van der Waals surface area contributed by atoms with Crippen molar-refractivity contribution < 1.29 is 17.7 Å². The van der Waals surface area contributed by atoms with Gasteiger partial charge in [0.25, 0.3) is 5.56 Å². The zero-order valence-corrected chi connectivity index (χ0v) is 18.5. The molecule has 0 aliphatic heterocycles. The summed E-state index contributed by atoms with van der Waals surface area (Å²) in [4.78, 5) is 15.8. The second-order valence-corrected chi connectivity index (χ2v) is 10.5. The minimum Gasteiger partial charge on any atom is -0.454 e. The zero-order valence-electron chi connectivity index (χ0n) is 17.7. The first-order valence-electron chi connectivity index (χ1n) is 10.4. The molecule has 2 heterocycles. The number of halogens is 2. The number of H-pyrrole nitrogens is 1. The average molecular weight is 470 g/mol. The number of nitrogens with one attached hydrogen (secondary N) is 2. The molecule has 170 valence electrons. The molecule has 1 atom stereocenters. The molecule has 9 heteroatoms. The molecule has 2 aromatic carbocycles. The van der Waals surface area contributed by atoms with Gasteiger partial charge in [0.2, 0.25) is 0 Å². The van der Waals surface area contributed by atoms with E-state index in [4.69, 9.17) is 9.52 Å². The van der Waals surface area contributed by atoms with Crippen molar-refractivity contribution in [3.8, 4) is 22.6 Å². The molecule has 1 saturated carbocycles. The Morgan fingerprint density at radius 1 is 1.12 bits per heavy atom. The molecular formula is C24H21F2N3O3S. The van der Waals surface area contributed by atoms with Crippen LogP contribution in [0.5, 0.6) is 11.5 Å². The second kappa shape index (κ2) is 7.84. The van der Waals surface area contributed by atoms with Gasteiger partial charge in [-0.2, -0.15) is 0 Å². The maximum Gasteiger partial charge on any atom is 0.274 e. The van der Waals surface area contributed by atoms with Crippen LogP contribution < -0.4 is 10.3 Å². The Kier molecular flexibility index (Phi) is 5.08. The summed E-state index contributed by atoms with van der Waals surface area (Å²) in [5.74, 6) is -0.966. The average Bonchev–Trinajstić information content (AvgIpc) is 3.43. The third-order valence-electron chi connectivity index (χ3n) is 5.80. The normalized spacial score (nSPS) is 15.5. The van der Waals surface area contributed by atoms with E-state index >= 15 is 0 Å². The van der Waals surface area contributed by atoms with E-state index in [1.54, 1.807) is 37.6 Å². The monoisotopic (exact) mass is 469 g/mol. The highest BCUT2D eigenvalue weighted by Gasteiger charge is 2.28. The van der Waals surface area contributed by atoms with Crippen molar-refractivity contribution in [3.63, 3.8) is 0 Å². The van der Waals surface area contributed by atoms with Crippen molar-refractivity contribution >= 4 is 20.6 Å². The highest BCUT2D eigenvalue weighted by atomic mass is 32.2. The second-order valence-electron chi connectivity index (χ2n) is 8.35. The fourth-order valence-corrected chi connectivity index (χ4v) is 5.67. The van der Waals surface area contributed by atoms with Gasteiger partial charge in [0.15, 0.2) is 11.6 Å². The summed E-state index contributed by atoms with van der Waals surface area (Å²) in [6.45, 7) is 0. The van der Waals surface area contributed by atoms with Gasteiger partial charge >= 0.3 is 0 Å². The fraction of sp³-hybridized carbons (Fsp3) is 0.208. The van der Waals surface area contributed by atoms with Gasteiger partial charge in [-0.15, -0.1) is 0 Å². The van der Waals surface area contributed by atoms with Crippen molar-refractivity contribution in [2.75, 3.05) is 5.75 Å². The van der Waals surface area contributed by atoms with Crippen LogP contribution in [0.3, 0.4) is 0 Å². The predicted octanol–water partition coefficient (Wildman–Crippen LogP) is 5.42. The Hall–Kier alpha value is -3.46. The summed E-state index contributed by atoms with van der Waals surface area (Å²) in [6.07, 6.45) is 5.20. The third-order valence-corrected chi connectivity index (χ3v) is 7.75. The van der Waals surface area contributed by atoms with Crippen LogP contribution in [0.4, 0.5) is 8.78 Å². The molecule has 4 aromatic rings. The SMILES string of the molecule is Cn1cc(-c2cc(S(=N)(=O)CC3CC3)ccc2Oc2ccc(F)cc2F)c2cc[nH]c2c1=O. The summed E-state index contributed by atoms with van der Waals surface area (Å²) in [7, 11) is -1.44. The Balaban J connectivity index is 1.71. The molecule has 33 heavy (non-hydrogen) atoms. The number of aromatic nitrogens is 2. The van der Waals surface area contributed by atoms with Gasteiger partial charge in [-0.05, 0) is 55.2 Å². The van der Waals surface area contributed by atoms with E-state index in [9.17, 15) is 17.8 Å². The summed E-state index contributed by atoms with van der Waals surface area (Å²) in [6, 6.07) is 9.45. The lowest BCUT2D eigenvalue weighted by Gasteiger charge is -2.16. The molecule has 1 unspecified atom stereocenters. The first kappa shape index (κ1) is 21.4. The van der Waals surface area contributed by atoms with E-state index in [0.717, 1.165) is 25.0 Å². The summed E-state index contributed by atoms with van der Waals surface area (Å²) in [5, 5.41) is 0.610. The number of fused-ring (bicyclic) bond motifs is 1. The highest BCUT2D eigenvalue weighted by molar-refractivity contribution is 7.92. The quantitative estimate of drug-likeness (QED) is 0.395. The van der Waals surface area contributed by atoms with Gasteiger partial charge in [-0.25, -0.2) is 17.8 Å². The minimum absolute atomic E-state index is 0.176. The van der Waals surface area contributed by atoms with Gasteiger partial charge in [0.1, 0.15) is 17.1 Å². The van der Waals surface area contributed by atoms with Crippen molar-refractivity contribution in [3.05, 3.63) is 76.8 Å². The van der Waals surface area contributed by atoms with E-state index in [0.29, 0.717) is 26.9 Å². The number of nitrogens with zero attached hydrogens (tertiary/aromatic N) is 1. The number of pyridine rings is 1. The molecule has 1 aliphatic carbocycles. The Bertz CT molecular complexity index is 1550. The number of aryl methyl sites for hydroxylation is 1. The van der Waals surface area contributed by atoms with Gasteiger partial charge in [-0.1, -0.05) is 0 Å². The Morgan fingerprint density at radius 2 is 1.88 bits per heavy atom. The number of hydrogen-bond donors (Lipinski definition) is 2. The first-order chi connectivity index (χ1) is 15.7. The molecule has 6 nitrogen and oxygen atoms in total. The lowest BCUT2D eigenvalue weighted by molar-refractivity contribution is 0.438. The maximum atomic E-state index is 14.3. The maximum absolute atomic E-state index is 14.3. The van der Waals surface area contributed by atoms with Crippen LogP contribution in [0.25, 0.3) is 22.0 Å². The van der Waals surface area contributed by atoms with E-state index in [-0.39, 0.29) is 28.7 Å². The summed E-state index contributed by atoms with van der Waals surface area (Å²) in [5.41, 5.74) is 1.20. The van der Waals surface area contributed by atoms with Crippen molar-refractivity contribution in [2.24, 2.45) is 13.0 Å². The van der Waals surface area contributed by atoms with Crippen LogP contribution in [0.1, 0.15) is 12.8 Å². The van der Waals surface area contributed by atoms with Crippen LogP contribution >= 0.6 is 0 Å². The molecule has 1 aliphatic rings. The molecular weight excluding hydrogens is 448 g/mol. The highest BCUT2D eigenvalue weighted by Crippen LogP contribution is 2.40. The molecule has 0 amide bonds. The van der Waals surface area contributed by atoms with Crippen molar-refractivity contribution in [1.82, 2.24) is 9.55 Å². The van der Waals surface area contributed by atoms with Gasteiger partial charge < -0.3 is 14.3 Å². The molecule has 2 aromatic heterocycles. The largest absolute Gasteiger partial charge is 0.454 e. The topological polar surface area (TPSA) is 87.9 Å². The van der Waals surface area contributed by atoms with Gasteiger partial charge in [0, 0.05) is 52.7 Å². The zero-order chi connectivity index (χ0) is 23.3. The fourth-order valence-electron chi connectivity index (χ4n) is 3.89. The van der Waals surface area contributed by atoms with Crippen LogP contribution in [-0.2, 0) is 16.8 Å². The number of aromatic amines is 1. The lowest BCUT2D eigenvalue weighted by Crippen LogP contribution is -2.16. The predicted molar refractivity (Wildman–Crippen MR) is 122 cm³/mol. The molecule has 5 rings (SSSR count). The van der Waals surface area contributed by atoms with Crippen molar-refractivity contribution in [2.45, 2.75) is 17.7 Å². The van der Waals surface area contributed by atoms with Gasteiger partial charge in [-0.3, -0.25) is 4.79 Å². The number of hydrogen-bond acceptors (Lipinski definition) is 4. The van der Waals surface area contributed by atoms with E-state index in [2.05, 4.69) is 4.98 Å². The molecule has 0 saturated heterocycles. The van der Waals surface area contributed by atoms with E-state index < -0.39 is 21.4 Å². The summed E-state index contributed by atoms with van der Waals surface area (Å²) >= 11 is 0. The number of rotatable bonds is 6. The standard InChI is InChI=1S/C24H21F2N3O3S/c1-29-12-19(17-8-9-28-23(17)24(29)30)18-11-16(33(27,31)13-14-2-3-14)5-7-21(18)32-22-6-4-15(25)10-20(22)26/h4-12,14,27-28H,2-3,13H2,1H3. The summed E-state index contributed by atoms with van der Waals surface area (Å²) < 4.78 is 56.6. The molecule has 0 radical (unpaired) electrons. The van der Waals surface area contributed by atoms with E-state index in [1.165, 1.54) is 16.7 Å². The lowest BCUT2D eigenvalue weighted by atomic mass is 10.0. The third kappa shape index (κ3) is 4.04. The number of ether oxygens (including phenoxy) is 1. The minimum atomic E-state index is -3.04. The number of benzene rings is 2. The van der Waals surface area contributed by atoms with Crippen molar-refractivity contribution in [1.29, 1.82) is 4.78 Å². The Morgan fingerprint density at radius 3 is 2.61 bits per heavy atom. The molecule has 0 bridgehead atoms. The van der Waals surface area contributed by atoms with Gasteiger partial charge in [0.05, 0.1) is 9.73 Å². The smallest absolute Gasteiger partial charge is 0.274 e. The van der Waals surface area contributed by atoms with E-state index in [1.807, 2.05) is 0 Å².